The maximum atomic E-state index is 12.0. The number of hydrogen-bond donors (Lipinski definition) is 3. The molecule has 0 amide bonds. The van der Waals surface area contributed by atoms with Gasteiger partial charge in [-0.3, -0.25) is 0 Å². The van der Waals surface area contributed by atoms with Gasteiger partial charge in [-0.25, -0.2) is 13.1 Å². The maximum absolute atomic E-state index is 12.0. The first-order valence-corrected chi connectivity index (χ1v) is 7.18. The Kier molecular flexibility index (Phi) is 4.86. The average molecular weight is 272 g/mol. The van der Waals surface area contributed by atoms with E-state index in [0.29, 0.717) is 6.54 Å². The van der Waals surface area contributed by atoms with E-state index in [0.717, 1.165) is 5.56 Å². The van der Waals surface area contributed by atoms with Gasteiger partial charge in [0, 0.05) is 25.1 Å². The smallest absolute Gasteiger partial charge is 0.240 e. The summed E-state index contributed by atoms with van der Waals surface area (Å²) in [6.45, 7) is 3.96. The van der Waals surface area contributed by atoms with Crippen molar-refractivity contribution in [3.05, 3.63) is 29.8 Å². The zero-order valence-corrected chi connectivity index (χ0v) is 11.5. The summed E-state index contributed by atoms with van der Waals surface area (Å²) in [4.78, 5) is 0.194. The van der Waals surface area contributed by atoms with Crippen LogP contribution in [0.15, 0.2) is 29.2 Å². The third kappa shape index (κ3) is 4.06. The molecule has 0 heterocycles. The van der Waals surface area contributed by atoms with E-state index in [-0.39, 0.29) is 18.0 Å². The molecule has 5 nitrogen and oxygen atoms in total. The Morgan fingerprint density at radius 1 is 1.39 bits per heavy atom. The minimum atomic E-state index is -3.55. The molecule has 0 fully saturated rings. The molecule has 102 valence electrons. The van der Waals surface area contributed by atoms with Gasteiger partial charge in [-0.1, -0.05) is 26.0 Å². The van der Waals surface area contributed by atoms with Crippen molar-refractivity contribution in [2.75, 3.05) is 13.2 Å². The highest BCUT2D eigenvalue weighted by Crippen LogP contribution is 2.15. The minimum absolute atomic E-state index is 0.0850. The molecular weight excluding hydrogens is 252 g/mol. The lowest BCUT2D eigenvalue weighted by Gasteiger charge is -2.21. The average Bonchev–Trinajstić information content (AvgIpc) is 2.37. The van der Waals surface area contributed by atoms with Crippen molar-refractivity contribution < 1.29 is 13.5 Å². The Hall–Kier alpha value is -0.950. The molecule has 1 rings (SSSR count). The van der Waals surface area contributed by atoms with Crippen LogP contribution < -0.4 is 10.5 Å². The van der Waals surface area contributed by atoms with Gasteiger partial charge < -0.3 is 10.8 Å². The molecule has 0 aromatic heterocycles. The second-order valence-electron chi connectivity index (χ2n) is 5.00. The molecule has 1 aromatic carbocycles. The number of sulfonamides is 1. The maximum Gasteiger partial charge on any atom is 0.240 e. The van der Waals surface area contributed by atoms with E-state index in [4.69, 9.17) is 10.8 Å². The Morgan fingerprint density at radius 3 is 2.61 bits per heavy atom. The van der Waals surface area contributed by atoms with E-state index in [2.05, 4.69) is 4.72 Å². The van der Waals surface area contributed by atoms with Gasteiger partial charge in [-0.2, -0.15) is 0 Å². The Bertz CT molecular complexity index is 498. The zero-order valence-electron chi connectivity index (χ0n) is 10.7. The molecular formula is C12H20N2O3S. The molecule has 0 aliphatic heterocycles. The lowest BCUT2D eigenvalue weighted by Crippen LogP contribution is -2.36. The van der Waals surface area contributed by atoms with Crippen LogP contribution in [0.5, 0.6) is 0 Å². The molecule has 0 saturated carbocycles. The number of nitrogens with one attached hydrogen (secondary N) is 1. The summed E-state index contributed by atoms with van der Waals surface area (Å²) in [5.41, 5.74) is 5.75. The van der Waals surface area contributed by atoms with Crippen molar-refractivity contribution in [2.45, 2.75) is 25.3 Å². The zero-order chi connectivity index (χ0) is 13.8. The van der Waals surface area contributed by atoms with Crippen LogP contribution in [0.3, 0.4) is 0 Å². The number of rotatable bonds is 6. The van der Waals surface area contributed by atoms with Crippen molar-refractivity contribution in [3.63, 3.8) is 0 Å². The third-order valence-electron chi connectivity index (χ3n) is 2.61. The summed E-state index contributed by atoms with van der Waals surface area (Å²) in [6, 6.07) is 6.51. The van der Waals surface area contributed by atoms with E-state index in [9.17, 15) is 8.42 Å². The molecule has 0 saturated heterocycles. The van der Waals surface area contributed by atoms with Crippen LogP contribution >= 0.6 is 0 Å². The summed E-state index contributed by atoms with van der Waals surface area (Å²) < 4.78 is 26.5. The van der Waals surface area contributed by atoms with Gasteiger partial charge in [-0.15, -0.1) is 0 Å². The van der Waals surface area contributed by atoms with Gasteiger partial charge in [-0.05, 0) is 17.7 Å². The molecule has 0 radical (unpaired) electrons. The quantitative estimate of drug-likeness (QED) is 0.700. The standard InChI is InChI=1S/C12H20N2O3S/c1-12(2,9-15)8-14-18(16,17)11-5-3-4-10(6-11)7-13/h3-6,14-15H,7-9,13H2,1-2H3. The van der Waals surface area contributed by atoms with Crippen molar-refractivity contribution in [3.8, 4) is 0 Å². The highest BCUT2D eigenvalue weighted by atomic mass is 32.2. The van der Waals surface area contributed by atoms with Crippen LogP contribution in [0.25, 0.3) is 0 Å². The number of benzene rings is 1. The van der Waals surface area contributed by atoms with Crippen molar-refractivity contribution in [1.82, 2.24) is 4.72 Å². The molecule has 18 heavy (non-hydrogen) atoms. The largest absolute Gasteiger partial charge is 0.396 e. The molecule has 4 N–H and O–H groups in total. The summed E-state index contributed by atoms with van der Waals surface area (Å²) in [5, 5.41) is 9.09. The highest BCUT2D eigenvalue weighted by Gasteiger charge is 2.21. The van der Waals surface area contributed by atoms with E-state index in [1.54, 1.807) is 32.0 Å². The van der Waals surface area contributed by atoms with Crippen LogP contribution in [0.2, 0.25) is 0 Å². The predicted molar refractivity (Wildman–Crippen MR) is 70.4 cm³/mol. The molecule has 0 aliphatic rings. The normalized spacial score (nSPS) is 12.7. The van der Waals surface area contributed by atoms with Crippen LogP contribution in [0, 0.1) is 5.41 Å². The molecule has 0 aliphatic carbocycles. The minimum Gasteiger partial charge on any atom is -0.396 e. The van der Waals surface area contributed by atoms with Gasteiger partial charge in [0.1, 0.15) is 0 Å². The monoisotopic (exact) mass is 272 g/mol. The third-order valence-corrected chi connectivity index (χ3v) is 4.01. The summed E-state index contributed by atoms with van der Waals surface area (Å²) in [7, 11) is -3.55. The fraction of sp³-hybridized carbons (Fsp3) is 0.500. The highest BCUT2D eigenvalue weighted by molar-refractivity contribution is 7.89. The number of hydrogen-bond acceptors (Lipinski definition) is 4. The van der Waals surface area contributed by atoms with E-state index in [1.165, 1.54) is 6.07 Å². The summed E-state index contributed by atoms with van der Waals surface area (Å²) in [6.07, 6.45) is 0. The fourth-order valence-electron chi connectivity index (χ4n) is 1.27. The first-order valence-electron chi connectivity index (χ1n) is 5.70. The molecule has 0 unspecified atom stereocenters. The lowest BCUT2D eigenvalue weighted by molar-refractivity contribution is 0.163. The Labute approximate surface area is 108 Å². The Balaban J connectivity index is 2.86. The van der Waals surface area contributed by atoms with Gasteiger partial charge in [0.25, 0.3) is 0 Å². The molecule has 0 bridgehead atoms. The molecule has 1 aromatic rings. The van der Waals surface area contributed by atoms with Crippen LogP contribution in [-0.4, -0.2) is 26.7 Å². The first kappa shape index (κ1) is 15.1. The lowest BCUT2D eigenvalue weighted by atomic mass is 9.96. The van der Waals surface area contributed by atoms with Crippen LogP contribution in [0.4, 0.5) is 0 Å². The number of aliphatic hydroxyl groups is 1. The Morgan fingerprint density at radius 2 is 2.06 bits per heavy atom. The summed E-state index contributed by atoms with van der Waals surface area (Å²) >= 11 is 0. The second kappa shape index (κ2) is 5.79. The molecule has 6 heteroatoms. The van der Waals surface area contributed by atoms with Crippen LogP contribution in [-0.2, 0) is 16.6 Å². The van der Waals surface area contributed by atoms with E-state index in [1.807, 2.05) is 0 Å². The van der Waals surface area contributed by atoms with Crippen LogP contribution in [0.1, 0.15) is 19.4 Å². The predicted octanol–water partition coefficient (Wildman–Crippen LogP) is 0.442. The van der Waals surface area contributed by atoms with Gasteiger partial charge in [0.2, 0.25) is 10.0 Å². The first-order chi connectivity index (χ1) is 8.30. The van der Waals surface area contributed by atoms with Crippen molar-refractivity contribution in [2.24, 2.45) is 11.1 Å². The number of aliphatic hydroxyl groups excluding tert-OH is 1. The fourth-order valence-corrected chi connectivity index (χ4v) is 2.58. The van der Waals surface area contributed by atoms with E-state index < -0.39 is 15.4 Å². The molecule has 0 spiro atoms. The topological polar surface area (TPSA) is 92.4 Å². The van der Waals surface area contributed by atoms with E-state index >= 15 is 0 Å². The number of nitrogens with two attached hydrogens (primary N) is 1. The molecule has 0 atom stereocenters. The second-order valence-corrected chi connectivity index (χ2v) is 6.77. The van der Waals surface area contributed by atoms with Gasteiger partial charge in [0.15, 0.2) is 0 Å². The van der Waals surface area contributed by atoms with Gasteiger partial charge >= 0.3 is 0 Å². The van der Waals surface area contributed by atoms with Crippen molar-refractivity contribution >= 4 is 10.0 Å². The van der Waals surface area contributed by atoms with Crippen molar-refractivity contribution in [1.29, 1.82) is 0 Å². The summed E-state index contributed by atoms with van der Waals surface area (Å²) in [5.74, 6) is 0. The van der Waals surface area contributed by atoms with Gasteiger partial charge in [0.05, 0.1) is 4.90 Å². The SMILES string of the molecule is CC(C)(CO)CNS(=O)(=O)c1cccc(CN)c1.